The summed E-state index contributed by atoms with van der Waals surface area (Å²) in [7, 11) is -3.19. The summed E-state index contributed by atoms with van der Waals surface area (Å²) in [6.07, 6.45) is 2.09. The van der Waals surface area contributed by atoms with E-state index in [9.17, 15) is 8.42 Å². The number of aliphatic hydroxyl groups is 1. The van der Waals surface area contributed by atoms with Crippen molar-refractivity contribution in [2.45, 2.75) is 25.3 Å². The highest BCUT2D eigenvalue weighted by atomic mass is 32.2. The fraction of sp³-hybridized carbons (Fsp3) is 1.00. The van der Waals surface area contributed by atoms with Gasteiger partial charge in [0.25, 0.3) is 0 Å². The molecule has 0 radical (unpaired) electrons. The van der Waals surface area contributed by atoms with Crippen LogP contribution in [0.5, 0.6) is 0 Å². The van der Waals surface area contributed by atoms with Crippen molar-refractivity contribution < 1.29 is 13.5 Å². The smallest absolute Gasteiger partial charge is 0.214 e. The summed E-state index contributed by atoms with van der Waals surface area (Å²) < 4.78 is 24.9. The molecule has 14 heavy (non-hydrogen) atoms. The van der Waals surface area contributed by atoms with E-state index in [4.69, 9.17) is 10.8 Å². The van der Waals surface area contributed by atoms with Gasteiger partial charge in [0.15, 0.2) is 0 Å². The Balaban J connectivity index is 2.61. The molecule has 0 aliphatic carbocycles. The van der Waals surface area contributed by atoms with E-state index in [1.54, 1.807) is 0 Å². The summed E-state index contributed by atoms with van der Waals surface area (Å²) in [4.78, 5) is 0. The maximum absolute atomic E-state index is 11.7. The summed E-state index contributed by atoms with van der Waals surface area (Å²) in [6.45, 7) is 0.844. The van der Waals surface area contributed by atoms with Crippen molar-refractivity contribution in [3.8, 4) is 0 Å². The minimum absolute atomic E-state index is 0.0815. The SMILES string of the molecule is NCCCS(=O)(=O)N1CCCC1CO. The summed E-state index contributed by atoms with van der Waals surface area (Å²) in [6, 6.07) is -0.210. The van der Waals surface area contributed by atoms with Crippen LogP contribution in [0.3, 0.4) is 0 Å². The predicted octanol–water partition coefficient (Wildman–Crippen LogP) is -0.878. The molecule has 5 nitrogen and oxygen atoms in total. The zero-order valence-electron chi connectivity index (χ0n) is 8.22. The Hall–Kier alpha value is -0.170. The van der Waals surface area contributed by atoms with Crippen LogP contribution < -0.4 is 5.73 Å². The summed E-state index contributed by atoms with van der Waals surface area (Å²) in [5.41, 5.74) is 5.27. The van der Waals surface area contributed by atoms with Crippen molar-refractivity contribution in [3.05, 3.63) is 0 Å². The molecule has 6 heteroatoms. The van der Waals surface area contributed by atoms with E-state index in [-0.39, 0.29) is 18.4 Å². The van der Waals surface area contributed by atoms with Gasteiger partial charge in [0.1, 0.15) is 0 Å². The van der Waals surface area contributed by atoms with Crippen LogP contribution in [0, 0.1) is 0 Å². The first-order valence-electron chi connectivity index (χ1n) is 4.92. The van der Waals surface area contributed by atoms with E-state index in [0.29, 0.717) is 19.5 Å². The van der Waals surface area contributed by atoms with Gasteiger partial charge in [-0.15, -0.1) is 0 Å². The second-order valence-corrected chi connectivity index (χ2v) is 5.59. The molecule has 1 aliphatic heterocycles. The summed E-state index contributed by atoms with van der Waals surface area (Å²) in [5.74, 6) is 0.0972. The van der Waals surface area contributed by atoms with Gasteiger partial charge in [0.05, 0.1) is 12.4 Å². The molecular formula is C8H18N2O3S. The first-order chi connectivity index (χ1) is 6.61. The highest BCUT2D eigenvalue weighted by Gasteiger charge is 2.32. The lowest BCUT2D eigenvalue weighted by Crippen LogP contribution is -2.39. The number of sulfonamides is 1. The van der Waals surface area contributed by atoms with Crippen LogP contribution in [0.4, 0.5) is 0 Å². The van der Waals surface area contributed by atoms with Gasteiger partial charge < -0.3 is 10.8 Å². The molecular weight excluding hydrogens is 204 g/mol. The maximum atomic E-state index is 11.7. The molecule has 1 unspecified atom stereocenters. The second kappa shape index (κ2) is 5.06. The van der Waals surface area contributed by atoms with Crippen molar-refractivity contribution in [1.29, 1.82) is 0 Å². The van der Waals surface area contributed by atoms with Gasteiger partial charge in [0.2, 0.25) is 10.0 Å². The summed E-state index contributed by atoms with van der Waals surface area (Å²) in [5, 5.41) is 8.99. The monoisotopic (exact) mass is 222 g/mol. The van der Waals surface area contributed by atoms with Crippen LogP contribution in [0.2, 0.25) is 0 Å². The molecule has 0 aromatic rings. The first kappa shape index (κ1) is 11.9. The second-order valence-electron chi connectivity index (χ2n) is 3.55. The molecule has 0 aromatic heterocycles. The van der Waals surface area contributed by atoms with Crippen LogP contribution in [-0.2, 0) is 10.0 Å². The summed E-state index contributed by atoms with van der Waals surface area (Å²) >= 11 is 0. The van der Waals surface area contributed by atoms with Gasteiger partial charge in [-0.1, -0.05) is 0 Å². The van der Waals surface area contributed by atoms with E-state index >= 15 is 0 Å². The molecule has 1 saturated heterocycles. The lowest BCUT2D eigenvalue weighted by atomic mass is 10.2. The zero-order valence-corrected chi connectivity index (χ0v) is 9.04. The van der Waals surface area contributed by atoms with Gasteiger partial charge in [-0.3, -0.25) is 0 Å². The van der Waals surface area contributed by atoms with Crippen LogP contribution in [-0.4, -0.2) is 49.3 Å². The number of rotatable bonds is 5. The van der Waals surface area contributed by atoms with Crippen molar-refractivity contribution in [2.24, 2.45) is 5.73 Å². The molecule has 1 rings (SSSR count). The Kier molecular flexibility index (Phi) is 4.31. The number of hydrogen-bond donors (Lipinski definition) is 2. The molecule has 0 bridgehead atoms. The van der Waals surface area contributed by atoms with Crippen molar-refractivity contribution >= 4 is 10.0 Å². The van der Waals surface area contributed by atoms with Gasteiger partial charge in [0, 0.05) is 12.6 Å². The minimum atomic E-state index is -3.19. The Morgan fingerprint density at radius 2 is 2.21 bits per heavy atom. The average molecular weight is 222 g/mol. The molecule has 0 amide bonds. The Bertz CT molecular complexity index is 266. The van der Waals surface area contributed by atoms with E-state index in [2.05, 4.69) is 0 Å². The Morgan fingerprint density at radius 3 is 2.79 bits per heavy atom. The lowest BCUT2D eigenvalue weighted by molar-refractivity contribution is 0.213. The number of nitrogens with zero attached hydrogens (tertiary/aromatic N) is 1. The molecule has 1 aliphatic rings. The van der Waals surface area contributed by atoms with Crippen LogP contribution in [0.25, 0.3) is 0 Å². The highest BCUT2D eigenvalue weighted by Crippen LogP contribution is 2.20. The minimum Gasteiger partial charge on any atom is -0.395 e. The number of hydrogen-bond acceptors (Lipinski definition) is 4. The van der Waals surface area contributed by atoms with E-state index in [0.717, 1.165) is 12.8 Å². The molecule has 0 saturated carbocycles. The third-order valence-electron chi connectivity index (χ3n) is 2.50. The van der Waals surface area contributed by atoms with Crippen molar-refractivity contribution in [1.82, 2.24) is 4.31 Å². The maximum Gasteiger partial charge on any atom is 0.214 e. The van der Waals surface area contributed by atoms with E-state index < -0.39 is 10.0 Å². The Labute approximate surface area is 84.9 Å². The molecule has 0 spiro atoms. The number of nitrogens with two attached hydrogens (primary N) is 1. The lowest BCUT2D eigenvalue weighted by Gasteiger charge is -2.22. The van der Waals surface area contributed by atoms with Crippen LogP contribution in [0.1, 0.15) is 19.3 Å². The molecule has 84 valence electrons. The third-order valence-corrected chi connectivity index (χ3v) is 4.50. The standard InChI is InChI=1S/C8H18N2O3S/c9-4-2-6-14(12,13)10-5-1-3-8(10)7-11/h8,11H,1-7,9H2. The zero-order chi connectivity index (χ0) is 10.6. The van der Waals surface area contributed by atoms with Gasteiger partial charge in [-0.05, 0) is 25.8 Å². The normalized spacial score (nSPS) is 24.3. The quantitative estimate of drug-likeness (QED) is 0.633. The van der Waals surface area contributed by atoms with Gasteiger partial charge >= 0.3 is 0 Å². The highest BCUT2D eigenvalue weighted by molar-refractivity contribution is 7.89. The largest absolute Gasteiger partial charge is 0.395 e. The molecule has 1 fully saturated rings. The third kappa shape index (κ3) is 2.66. The Morgan fingerprint density at radius 1 is 1.50 bits per heavy atom. The fourth-order valence-corrected chi connectivity index (χ4v) is 3.54. The fourth-order valence-electron chi connectivity index (χ4n) is 1.74. The van der Waals surface area contributed by atoms with Crippen LogP contribution in [0.15, 0.2) is 0 Å². The first-order valence-corrected chi connectivity index (χ1v) is 6.53. The molecule has 0 aromatic carbocycles. The van der Waals surface area contributed by atoms with Gasteiger partial charge in [-0.2, -0.15) is 4.31 Å². The van der Waals surface area contributed by atoms with Gasteiger partial charge in [-0.25, -0.2) is 8.42 Å². The molecule has 1 heterocycles. The average Bonchev–Trinajstić information content (AvgIpc) is 2.63. The van der Waals surface area contributed by atoms with E-state index in [1.807, 2.05) is 0 Å². The van der Waals surface area contributed by atoms with E-state index in [1.165, 1.54) is 4.31 Å². The number of aliphatic hydroxyl groups excluding tert-OH is 1. The van der Waals surface area contributed by atoms with Crippen LogP contribution >= 0.6 is 0 Å². The molecule has 1 atom stereocenters. The van der Waals surface area contributed by atoms with Crippen molar-refractivity contribution in [3.63, 3.8) is 0 Å². The molecule has 3 N–H and O–H groups in total. The van der Waals surface area contributed by atoms with Crippen molar-refractivity contribution in [2.75, 3.05) is 25.4 Å². The predicted molar refractivity (Wildman–Crippen MR) is 54.3 cm³/mol. The topological polar surface area (TPSA) is 83.6 Å².